The van der Waals surface area contributed by atoms with Gasteiger partial charge < -0.3 is 9.47 Å². The molecule has 3 nitrogen and oxygen atoms in total. The number of nitrogens with zero attached hydrogens (tertiary/aromatic N) is 3. The van der Waals surface area contributed by atoms with Crippen molar-refractivity contribution in [2.24, 2.45) is 0 Å². The zero-order valence-corrected chi connectivity index (χ0v) is 11.2. The molecule has 0 radical (unpaired) electrons. The lowest BCUT2D eigenvalue weighted by molar-refractivity contribution is 0.402. The summed E-state index contributed by atoms with van der Waals surface area (Å²) in [5.74, 6) is 0. The lowest BCUT2D eigenvalue weighted by Crippen LogP contribution is -2.10. The third-order valence-corrected chi connectivity index (χ3v) is 3.16. The summed E-state index contributed by atoms with van der Waals surface area (Å²) in [7, 11) is 4.16. The Balaban J connectivity index is 1.98. The molecule has 3 heteroatoms. The second-order valence-electron chi connectivity index (χ2n) is 5.01. The van der Waals surface area contributed by atoms with Crippen molar-refractivity contribution in [2.75, 3.05) is 14.1 Å². The number of hydrogen-bond acceptors (Lipinski definition) is 2. The summed E-state index contributed by atoms with van der Waals surface area (Å²) in [6.45, 7) is 0.963. The van der Waals surface area contributed by atoms with Crippen LogP contribution < -0.4 is 0 Å². The number of hydrogen-bond donors (Lipinski definition) is 0. The van der Waals surface area contributed by atoms with Gasteiger partial charge in [-0.3, -0.25) is 0 Å². The second kappa shape index (κ2) is 4.86. The van der Waals surface area contributed by atoms with Gasteiger partial charge in [0.25, 0.3) is 0 Å². The molecule has 0 atom stereocenters. The highest BCUT2D eigenvalue weighted by molar-refractivity contribution is 5.77. The quantitative estimate of drug-likeness (QED) is 0.713. The zero-order chi connectivity index (χ0) is 13.2. The van der Waals surface area contributed by atoms with Crippen LogP contribution in [0.5, 0.6) is 0 Å². The molecule has 2 aromatic heterocycles. The van der Waals surface area contributed by atoms with Crippen LogP contribution in [0.1, 0.15) is 5.56 Å². The van der Waals surface area contributed by atoms with Gasteiger partial charge in [0.15, 0.2) is 0 Å². The maximum absolute atomic E-state index is 4.44. The molecule has 0 bridgehead atoms. The van der Waals surface area contributed by atoms with Crippen LogP contribution in [0.15, 0.2) is 54.9 Å². The van der Waals surface area contributed by atoms with Crippen molar-refractivity contribution < 1.29 is 0 Å². The number of aromatic nitrogens is 2. The van der Waals surface area contributed by atoms with Crippen LogP contribution in [-0.2, 0) is 6.54 Å². The Morgan fingerprint density at radius 2 is 1.84 bits per heavy atom. The van der Waals surface area contributed by atoms with Gasteiger partial charge in [-0.2, -0.15) is 0 Å². The van der Waals surface area contributed by atoms with Crippen LogP contribution in [-0.4, -0.2) is 28.5 Å². The van der Waals surface area contributed by atoms with Crippen molar-refractivity contribution in [1.29, 1.82) is 0 Å². The highest BCUT2D eigenvalue weighted by atomic mass is 15.0. The van der Waals surface area contributed by atoms with E-state index in [1.54, 1.807) is 0 Å². The van der Waals surface area contributed by atoms with Gasteiger partial charge in [-0.15, -0.1) is 0 Å². The third-order valence-electron chi connectivity index (χ3n) is 3.16. The monoisotopic (exact) mass is 251 g/mol. The Hall–Kier alpha value is -2.13. The van der Waals surface area contributed by atoms with Gasteiger partial charge in [-0.25, -0.2) is 4.98 Å². The first-order valence-electron chi connectivity index (χ1n) is 6.40. The van der Waals surface area contributed by atoms with Crippen molar-refractivity contribution in [3.8, 4) is 5.69 Å². The van der Waals surface area contributed by atoms with Gasteiger partial charge in [-0.1, -0.05) is 12.1 Å². The minimum absolute atomic E-state index is 0.963. The van der Waals surface area contributed by atoms with Crippen LogP contribution in [0.25, 0.3) is 16.7 Å². The fourth-order valence-electron chi connectivity index (χ4n) is 2.30. The van der Waals surface area contributed by atoms with E-state index in [1.165, 1.54) is 10.9 Å². The van der Waals surface area contributed by atoms with E-state index in [1.807, 2.05) is 12.3 Å². The number of rotatable bonds is 3. The first kappa shape index (κ1) is 11.9. The third kappa shape index (κ3) is 2.37. The molecule has 0 amide bonds. The molecule has 3 rings (SSSR count). The Bertz CT molecular complexity index is 681. The molecule has 0 saturated heterocycles. The molecule has 0 spiro atoms. The Morgan fingerprint density at radius 1 is 1.05 bits per heavy atom. The Labute approximate surface area is 113 Å². The van der Waals surface area contributed by atoms with Crippen LogP contribution in [0.3, 0.4) is 0 Å². The largest absolute Gasteiger partial charge is 0.305 e. The van der Waals surface area contributed by atoms with Gasteiger partial charge in [-0.05, 0) is 50.0 Å². The molecule has 19 heavy (non-hydrogen) atoms. The molecule has 0 aliphatic heterocycles. The minimum Gasteiger partial charge on any atom is -0.305 e. The Kier molecular flexibility index (Phi) is 3.05. The van der Waals surface area contributed by atoms with Crippen LogP contribution in [0, 0.1) is 0 Å². The maximum atomic E-state index is 4.44. The highest BCUT2D eigenvalue weighted by Gasteiger charge is 2.03. The van der Waals surface area contributed by atoms with E-state index in [0.717, 1.165) is 17.9 Å². The van der Waals surface area contributed by atoms with E-state index in [4.69, 9.17) is 0 Å². The van der Waals surface area contributed by atoms with E-state index >= 15 is 0 Å². The predicted octanol–water partition coefficient (Wildman–Crippen LogP) is 3.09. The molecule has 0 N–H and O–H groups in total. The first-order valence-corrected chi connectivity index (χ1v) is 6.40. The minimum atomic E-state index is 0.963. The average molecular weight is 251 g/mol. The van der Waals surface area contributed by atoms with E-state index in [0.29, 0.717) is 0 Å². The number of fused-ring (bicyclic) bond motifs is 1. The molecule has 1 aromatic carbocycles. The maximum Gasteiger partial charge on any atom is 0.144 e. The van der Waals surface area contributed by atoms with Crippen molar-refractivity contribution in [3.05, 3.63) is 60.4 Å². The molecule has 3 aromatic rings. The standard InChI is InChI=1S/C16H17N3/c1-18(2)12-13-5-7-15(8-6-13)19-11-9-14-4-3-10-17-16(14)19/h3-11H,12H2,1-2H3. The van der Waals surface area contributed by atoms with E-state index < -0.39 is 0 Å². The van der Waals surface area contributed by atoms with Crippen LogP contribution >= 0.6 is 0 Å². The molecule has 96 valence electrons. The van der Waals surface area contributed by atoms with E-state index in [2.05, 4.69) is 71.1 Å². The summed E-state index contributed by atoms with van der Waals surface area (Å²) in [4.78, 5) is 6.61. The molecule has 0 aliphatic rings. The molecule has 0 aliphatic carbocycles. The summed E-state index contributed by atoms with van der Waals surface area (Å²) in [6.07, 6.45) is 3.90. The first-order chi connectivity index (χ1) is 9.24. The van der Waals surface area contributed by atoms with Gasteiger partial charge >= 0.3 is 0 Å². The van der Waals surface area contributed by atoms with Crippen molar-refractivity contribution in [3.63, 3.8) is 0 Å². The summed E-state index contributed by atoms with van der Waals surface area (Å²) < 4.78 is 2.12. The fraction of sp³-hybridized carbons (Fsp3) is 0.188. The second-order valence-corrected chi connectivity index (χ2v) is 5.01. The van der Waals surface area contributed by atoms with Gasteiger partial charge in [0.1, 0.15) is 5.65 Å². The van der Waals surface area contributed by atoms with E-state index in [9.17, 15) is 0 Å². The van der Waals surface area contributed by atoms with Crippen LogP contribution in [0.2, 0.25) is 0 Å². The topological polar surface area (TPSA) is 21.1 Å². The summed E-state index contributed by atoms with van der Waals surface area (Å²) in [5, 5.41) is 1.17. The van der Waals surface area contributed by atoms with Crippen molar-refractivity contribution in [2.45, 2.75) is 6.54 Å². The summed E-state index contributed by atoms with van der Waals surface area (Å²) in [5.41, 5.74) is 3.47. The smallest absolute Gasteiger partial charge is 0.144 e. The number of benzene rings is 1. The normalized spacial score (nSPS) is 11.3. The predicted molar refractivity (Wildman–Crippen MR) is 78.5 cm³/mol. The van der Waals surface area contributed by atoms with Gasteiger partial charge in [0.2, 0.25) is 0 Å². The lowest BCUT2D eigenvalue weighted by atomic mass is 10.2. The van der Waals surface area contributed by atoms with Crippen LogP contribution in [0.4, 0.5) is 0 Å². The SMILES string of the molecule is CN(C)Cc1ccc(-n2ccc3cccnc32)cc1. The molecule has 0 fully saturated rings. The highest BCUT2D eigenvalue weighted by Crippen LogP contribution is 2.18. The van der Waals surface area contributed by atoms with Crippen molar-refractivity contribution >= 4 is 11.0 Å². The fourth-order valence-corrected chi connectivity index (χ4v) is 2.30. The van der Waals surface area contributed by atoms with Gasteiger partial charge in [0, 0.05) is 30.0 Å². The van der Waals surface area contributed by atoms with E-state index in [-0.39, 0.29) is 0 Å². The molecular formula is C16H17N3. The molecule has 0 unspecified atom stereocenters. The zero-order valence-electron chi connectivity index (χ0n) is 11.2. The molecule has 0 saturated carbocycles. The number of pyridine rings is 1. The Morgan fingerprint density at radius 3 is 2.58 bits per heavy atom. The molecular weight excluding hydrogens is 234 g/mol. The molecule has 2 heterocycles. The summed E-state index contributed by atoms with van der Waals surface area (Å²) in [6, 6.07) is 14.8. The van der Waals surface area contributed by atoms with Gasteiger partial charge in [0.05, 0.1) is 0 Å². The van der Waals surface area contributed by atoms with Crippen molar-refractivity contribution in [1.82, 2.24) is 14.5 Å². The average Bonchev–Trinajstić information content (AvgIpc) is 2.83. The lowest BCUT2D eigenvalue weighted by Gasteiger charge is -2.10. The summed E-state index contributed by atoms with van der Waals surface area (Å²) >= 11 is 0.